The molecule has 76 valence electrons. The van der Waals surface area contributed by atoms with Crippen LogP contribution in [0.25, 0.3) is 0 Å². The van der Waals surface area contributed by atoms with E-state index < -0.39 is 0 Å². The zero-order valence-corrected chi connectivity index (χ0v) is 11.2. The summed E-state index contributed by atoms with van der Waals surface area (Å²) in [5.74, 6) is -0.381. The maximum atomic E-state index is 11.3. The highest BCUT2D eigenvalue weighted by Crippen LogP contribution is 2.30. The average molecular weight is 342 g/mol. The predicted octanol–water partition coefficient (Wildman–Crippen LogP) is 3.78. The normalized spacial score (nSPS) is 10.0. The van der Waals surface area contributed by atoms with Crippen LogP contribution >= 0.6 is 43.5 Å². The van der Waals surface area contributed by atoms with Gasteiger partial charge in [-0.2, -0.15) is 0 Å². The number of hydrogen-bond donors (Lipinski definition) is 0. The molecule has 0 bridgehead atoms. The number of esters is 1. The van der Waals surface area contributed by atoms with E-state index >= 15 is 0 Å². The fourth-order valence-corrected chi connectivity index (χ4v) is 2.37. The largest absolute Gasteiger partial charge is 0.465 e. The Morgan fingerprint density at radius 2 is 2.21 bits per heavy atom. The van der Waals surface area contributed by atoms with Crippen molar-refractivity contribution in [1.82, 2.24) is 0 Å². The van der Waals surface area contributed by atoms with Crippen LogP contribution in [0.5, 0.6) is 0 Å². The van der Waals surface area contributed by atoms with Gasteiger partial charge in [-0.15, -0.1) is 0 Å². The van der Waals surface area contributed by atoms with E-state index in [1.54, 1.807) is 12.1 Å². The molecule has 0 aliphatic heterocycles. The summed E-state index contributed by atoms with van der Waals surface area (Å²) < 4.78 is 5.40. The maximum Gasteiger partial charge on any atom is 0.338 e. The molecule has 0 aliphatic carbocycles. The monoisotopic (exact) mass is 340 g/mol. The van der Waals surface area contributed by atoms with E-state index in [4.69, 9.17) is 11.6 Å². The van der Waals surface area contributed by atoms with Crippen LogP contribution in [0.4, 0.5) is 0 Å². The minimum atomic E-state index is -0.381. The lowest BCUT2D eigenvalue weighted by atomic mass is 10.1. The van der Waals surface area contributed by atoms with Crippen molar-refractivity contribution in [2.24, 2.45) is 0 Å². The number of ether oxygens (including phenoxy) is 1. The Hall–Kier alpha value is -0.0600. The van der Waals surface area contributed by atoms with E-state index in [1.165, 1.54) is 7.11 Å². The molecule has 14 heavy (non-hydrogen) atoms. The highest BCUT2D eigenvalue weighted by atomic mass is 79.9. The zero-order chi connectivity index (χ0) is 10.7. The van der Waals surface area contributed by atoms with E-state index in [2.05, 4.69) is 36.6 Å². The third-order valence-electron chi connectivity index (χ3n) is 1.74. The number of carbonyl (C=O) groups is 1. The second kappa shape index (κ2) is 5.14. The highest BCUT2D eigenvalue weighted by molar-refractivity contribution is 9.10. The highest BCUT2D eigenvalue weighted by Gasteiger charge is 2.15. The van der Waals surface area contributed by atoms with Crippen molar-refractivity contribution in [3.05, 3.63) is 32.8 Å². The van der Waals surface area contributed by atoms with Crippen LogP contribution in [0, 0.1) is 0 Å². The fraction of sp³-hybridized carbons (Fsp3) is 0.222. The summed E-state index contributed by atoms with van der Waals surface area (Å²) in [6.07, 6.45) is 0. The van der Waals surface area contributed by atoms with Crippen molar-refractivity contribution in [3.63, 3.8) is 0 Å². The number of carbonyl (C=O) groups excluding carboxylic acids is 1. The molecule has 0 saturated carbocycles. The van der Waals surface area contributed by atoms with Crippen LogP contribution in [0.1, 0.15) is 15.9 Å². The Morgan fingerprint density at radius 3 is 2.71 bits per heavy atom. The van der Waals surface area contributed by atoms with Gasteiger partial charge in [0.1, 0.15) is 0 Å². The van der Waals surface area contributed by atoms with Crippen LogP contribution in [0.15, 0.2) is 16.6 Å². The second-order valence-electron chi connectivity index (χ2n) is 2.51. The van der Waals surface area contributed by atoms with Gasteiger partial charge in [0, 0.05) is 9.80 Å². The molecule has 0 amide bonds. The van der Waals surface area contributed by atoms with E-state index in [0.717, 1.165) is 10.0 Å². The van der Waals surface area contributed by atoms with Crippen LogP contribution in [-0.4, -0.2) is 13.1 Å². The lowest BCUT2D eigenvalue weighted by Crippen LogP contribution is -2.05. The average Bonchev–Trinajstić information content (AvgIpc) is 2.20. The van der Waals surface area contributed by atoms with E-state index in [0.29, 0.717) is 15.9 Å². The van der Waals surface area contributed by atoms with Crippen LogP contribution in [-0.2, 0) is 10.1 Å². The minimum absolute atomic E-state index is 0.381. The van der Waals surface area contributed by atoms with Gasteiger partial charge in [-0.05, 0) is 33.6 Å². The molecule has 0 aliphatic rings. The summed E-state index contributed by atoms with van der Waals surface area (Å²) in [4.78, 5) is 11.3. The van der Waals surface area contributed by atoms with Crippen molar-refractivity contribution in [3.8, 4) is 0 Å². The zero-order valence-electron chi connectivity index (χ0n) is 7.31. The molecule has 1 rings (SSSR count). The molecule has 0 spiro atoms. The van der Waals surface area contributed by atoms with Gasteiger partial charge in [-0.1, -0.05) is 27.5 Å². The number of alkyl halides is 1. The molecule has 0 radical (unpaired) electrons. The summed E-state index contributed by atoms with van der Waals surface area (Å²) in [5, 5.41) is 1.04. The second-order valence-corrected chi connectivity index (χ2v) is 4.31. The lowest BCUT2D eigenvalue weighted by Gasteiger charge is -2.08. The van der Waals surface area contributed by atoms with Crippen LogP contribution < -0.4 is 0 Å². The van der Waals surface area contributed by atoms with E-state index in [1.807, 2.05) is 0 Å². The molecular weight excluding hydrogens is 335 g/mol. The molecule has 0 atom stereocenters. The number of benzene rings is 1. The summed E-state index contributed by atoms with van der Waals surface area (Å²) >= 11 is 12.6. The first-order chi connectivity index (χ1) is 6.61. The number of halogens is 3. The molecule has 0 unspecified atom stereocenters. The standard InChI is InChI=1S/C9H7Br2ClO2/c1-14-9(13)5-2-3-7(11)8(12)6(5)4-10/h2-3H,4H2,1H3. The van der Waals surface area contributed by atoms with Gasteiger partial charge >= 0.3 is 5.97 Å². The third-order valence-corrected chi connectivity index (χ3v) is 3.62. The topological polar surface area (TPSA) is 26.3 Å². The van der Waals surface area contributed by atoms with Crippen molar-refractivity contribution in [2.45, 2.75) is 5.33 Å². The first-order valence-electron chi connectivity index (χ1n) is 3.73. The molecule has 0 saturated heterocycles. The Labute approximate surface area is 104 Å². The minimum Gasteiger partial charge on any atom is -0.465 e. The predicted molar refractivity (Wildman–Crippen MR) is 63.1 cm³/mol. The van der Waals surface area contributed by atoms with Crippen LogP contribution in [0.2, 0.25) is 5.02 Å². The van der Waals surface area contributed by atoms with Gasteiger partial charge in [0.15, 0.2) is 0 Å². The quantitative estimate of drug-likeness (QED) is 0.604. The third kappa shape index (κ3) is 2.30. The van der Waals surface area contributed by atoms with E-state index in [9.17, 15) is 4.79 Å². The first-order valence-corrected chi connectivity index (χ1v) is 6.02. The SMILES string of the molecule is COC(=O)c1ccc(Br)c(Cl)c1CBr. The molecule has 0 fully saturated rings. The Morgan fingerprint density at radius 1 is 1.57 bits per heavy atom. The summed E-state index contributed by atoms with van der Waals surface area (Å²) in [6, 6.07) is 3.40. The van der Waals surface area contributed by atoms with Gasteiger partial charge in [0.2, 0.25) is 0 Å². The van der Waals surface area contributed by atoms with Gasteiger partial charge in [-0.3, -0.25) is 0 Å². The summed E-state index contributed by atoms with van der Waals surface area (Å²) in [6.45, 7) is 0. The molecule has 1 aromatic carbocycles. The van der Waals surface area contributed by atoms with Crippen molar-refractivity contribution in [1.29, 1.82) is 0 Å². The molecule has 5 heteroatoms. The van der Waals surface area contributed by atoms with Crippen molar-refractivity contribution < 1.29 is 9.53 Å². The van der Waals surface area contributed by atoms with Gasteiger partial charge in [0.05, 0.1) is 17.7 Å². The first kappa shape index (κ1) is 12.0. The van der Waals surface area contributed by atoms with E-state index in [-0.39, 0.29) is 5.97 Å². The Kier molecular flexibility index (Phi) is 4.41. The summed E-state index contributed by atoms with van der Waals surface area (Å²) in [7, 11) is 1.34. The molecule has 0 N–H and O–H groups in total. The van der Waals surface area contributed by atoms with Gasteiger partial charge < -0.3 is 4.74 Å². The summed E-state index contributed by atoms with van der Waals surface area (Å²) in [5.41, 5.74) is 1.21. The van der Waals surface area contributed by atoms with Gasteiger partial charge in [0.25, 0.3) is 0 Å². The van der Waals surface area contributed by atoms with Crippen LogP contribution in [0.3, 0.4) is 0 Å². The number of hydrogen-bond acceptors (Lipinski definition) is 2. The van der Waals surface area contributed by atoms with Crippen molar-refractivity contribution in [2.75, 3.05) is 7.11 Å². The number of methoxy groups -OCH3 is 1. The van der Waals surface area contributed by atoms with Gasteiger partial charge in [-0.25, -0.2) is 4.79 Å². The lowest BCUT2D eigenvalue weighted by molar-refractivity contribution is 0.0600. The molecular formula is C9H7Br2ClO2. The fourth-order valence-electron chi connectivity index (χ4n) is 1.02. The maximum absolute atomic E-state index is 11.3. The smallest absolute Gasteiger partial charge is 0.338 e. The molecule has 2 nitrogen and oxygen atoms in total. The molecule has 0 heterocycles. The number of rotatable bonds is 2. The Balaban J connectivity index is 3.31. The van der Waals surface area contributed by atoms with Crippen molar-refractivity contribution >= 4 is 49.4 Å². The molecule has 0 aromatic heterocycles. The molecule has 1 aromatic rings. The Bertz CT molecular complexity index is 366.